The van der Waals surface area contributed by atoms with E-state index in [2.05, 4.69) is 9.97 Å². The highest BCUT2D eigenvalue weighted by atomic mass is 16.5. The van der Waals surface area contributed by atoms with Crippen molar-refractivity contribution < 1.29 is 9.53 Å². The maximum absolute atomic E-state index is 12.2. The first-order valence-electron chi connectivity index (χ1n) is 8.02. The van der Waals surface area contributed by atoms with E-state index in [1.54, 1.807) is 10.8 Å². The second-order valence-corrected chi connectivity index (χ2v) is 5.78. The van der Waals surface area contributed by atoms with Gasteiger partial charge in [-0.25, -0.2) is 14.8 Å². The first-order chi connectivity index (χ1) is 13.1. The number of anilines is 1. The Morgan fingerprint density at radius 3 is 2.89 bits per heavy atom. The SMILES string of the molecule is COC(=O)c1c(N)c(C#N)cn1-c1cccc(-c2cn3cccnc3n2)c1. The van der Waals surface area contributed by atoms with Crippen LogP contribution in [0.25, 0.3) is 22.7 Å². The lowest BCUT2D eigenvalue weighted by Crippen LogP contribution is -2.11. The molecule has 27 heavy (non-hydrogen) atoms. The average Bonchev–Trinajstić information content (AvgIpc) is 3.28. The van der Waals surface area contributed by atoms with E-state index in [1.807, 2.05) is 53.2 Å². The normalized spacial score (nSPS) is 10.7. The number of hydrogen-bond donors (Lipinski definition) is 1. The molecule has 0 unspecified atom stereocenters. The molecule has 0 atom stereocenters. The van der Waals surface area contributed by atoms with Gasteiger partial charge in [0, 0.05) is 36.0 Å². The highest BCUT2D eigenvalue weighted by Gasteiger charge is 2.22. The molecular weight excluding hydrogens is 344 g/mol. The van der Waals surface area contributed by atoms with Crippen molar-refractivity contribution in [3.8, 4) is 23.0 Å². The molecule has 132 valence electrons. The predicted molar refractivity (Wildman–Crippen MR) is 98.2 cm³/mol. The Morgan fingerprint density at radius 2 is 2.15 bits per heavy atom. The minimum atomic E-state index is -0.615. The molecule has 0 aliphatic carbocycles. The maximum atomic E-state index is 12.2. The fourth-order valence-corrected chi connectivity index (χ4v) is 2.90. The highest BCUT2D eigenvalue weighted by molar-refractivity contribution is 5.96. The number of nitrogen functional groups attached to an aromatic ring is 1. The summed E-state index contributed by atoms with van der Waals surface area (Å²) in [5, 5.41) is 9.26. The number of nitrogens with two attached hydrogens (primary N) is 1. The predicted octanol–water partition coefficient (Wildman–Crippen LogP) is 2.43. The molecule has 3 aromatic heterocycles. The van der Waals surface area contributed by atoms with Crippen LogP contribution in [0.2, 0.25) is 0 Å². The third-order valence-corrected chi connectivity index (χ3v) is 4.20. The fraction of sp³-hybridized carbons (Fsp3) is 0.0526. The lowest BCUT2D eigenvalue weighted by molar-refractivity contribution is 0.0593. The molecule has 4 aromatic rings. The number of carbonyl (C=O) groups is 1. The number of benzene rings is 1. The summed E-state index contributed by atoms with van der Waals surface area (Å²) < 4.78 is 8.19. The first kappa shape index (κ1) is 16.4. The molecule has 0 radical (unpaired) electrons. The third-order valence-electron chi connectivity index (χ3n) is 4.20. The van der Waals surface area contributed by atoms with Gasteiger partial charge in [-0.3, -0.25) is 4.40 Å². The highest BCUT2D eigenvalue weighted by Crippen LogP contribution is 2.27. The molecule has 0 fully saturated rings. The van der Waals surface area contributed by atoms with Gasteiger partial charge >= 0.3 is 5.97 Å². The van der Waals surface area contributed by atoms with E-state index in [1.165, 1.54) is 13.3 Å². The minimum absolute atomic E-state index is 0.0895. The Morgan fingerprint density at radius 1 is 1.30 bits per heavy atom. The van der Waals surface area contributed by atoms with E-state index in [0.717, 1.165) is 11.3 Å². The lowest BCUT2D eigenvalue weighted by atomic mass is 10.1. The van der Waals surface area contributed by atoms with Crippen LogP contribution in [0.4, 0.5) is 5.69 Å². The van der Waals surface area contributed by atoms with Gasteiger partial charge in [-0.05, 0) is 18.2 Å². The number of aromatic nitrogens is 4. The zero-order valence-corrected chi connectivity index (χ0v) is 14.3. The zero-order chi connectivity index (χ0) is 19.0. The monoisotopic (exact) mass is 358 g/mol. The molecule has 0 amide bonds. The van der Waals surface area contributed by atoms with Gasteiger partial charge in [-0.15, -0.1) is 0 Å². The van der Waals surface area contributed by atoms with Crippen molar-refractivity contribution in [2.24, 2.45) is 0 Å². The summed E-state index contributed by atoms with van der Waals surface area (Å²) in [7, 11) is 1.27. The molecule has 0 aliphatic rings. The second-order valence-electron chi connectivity index (χ2n) is 5.78. The van der Waals surface area contributed by atoms with Crippen LogP contribution in [0, 0.1) is 11.3 Å². The Labute approximate surface area is 154 Å². The number of carbonyl (C=O) groups excluding carboxylic acids is 1. The Kier molecular flexibility index (Phi) is 3.82. The quantitative estimate of drug-likeness (QED) is 0.563. The van der Waals surface area contributed by atoms with Crippen molar-refractivity contribution in [2.45, 2.75) is 0 Å². The van der Waals surface area contributed by atoms with Crippen LogP contribution in [0.3, 0.4) is 0 Å². The number of nitriles is 1. The first-order valence-corrected chi connectivity index (χ1v) is 8.02. The van der Waals surface area contributed by atoms with Crippen LogP contribution in [-0.4, -0.2) is 32.0 Å². The van der Waals surface area contributed by atoms with Crippen LogP contribution in [0.5, 0.6) is 0 Å². The van der Waals surface area contributed by atoms with Crippen molar-refractivity contribution in [2.75, 3.05) is 12.8 Å². The van der Waals surface area contributed by atoms with Gasteiger partial charge in [0.15, 0.2) is 5.69 Å². The summed E-state index contributed by atoms with van der Waals surface area (Å²) in [6.07, 6.45) is 6.93. The number of hydrogen-bond acceptors (Lipinski definition) is 6. The summed E-state index contributed by atoms with van der Waals surface area (Å²) in [5.41, 5.74) is 8.59. The van der Waals surface area contributed by atoms with E-state index in [4.69, 9.17) is 10.5 Å². The molecule has 8 nitrogen and oxygen atoms in total. The standard InChI is InChI=1S/C19H14N6O2/c1-27-18(26)17-16(21)13(9-20)10-25(17)14-5-2-4-12(8-14)15-11-24-7-3-6-22-19(24)23-15/h2-8,10-11H,21H2,1H3. The summed E-state index contributed by atoms with van der Waals surface area (Å²) in [6.45, 7) is 0. The fourth-order valence-electron chi connectivity index (χ4n) is 2.90. The summed E-state index contributed by atoms with van der Waals surface area (Å²) in [4.78, 5) is 20.9. The molecule has 0 saturated carbocycles. The molecule has 4 rings (SSSR count). The van der Waals surface area contributed by atoms with Crippen molar-refractivity contribution in [3.05, 3.63) is 66.4 Å². The molecule has 2 N–H and O–H groups in total. The molecule has 1 aromatic carbocycles. The smallest absolute Gasteiger partial charge is 0.357 e. The molecule has 0 saturated heterocycles. The number of ether oxygens (including phenoxy) is 1. The Balaban J connectivity index is 1.86. The number of rotatable bonds is 3. The van der Waals surface area contributed by atoms with Crippen molar-refractivity contribution in [1.29, 1.82) is 5.26 Å². The molecule has 0 aliphatic heterocycles. The van der Waals surface area contributed by atoms with E-state index in [0.29, 0.717) is 11.5 Å². The molecular formula is C19H14N6O2. The largest absolute Gasteiger partial charge is 0.464 e. The van der Waals surface area contributed by atoms with Gasteiger partial charge in [0.1, 0.15) is 6.07 Å². The zero-order valence-electron chi connectivity index (χ0n) is 14.3. The number of methoxy groups -OCH3 is 1. The topological polar surface area (TPSA) is 111 Å². The van der Waals surface area contributed by atoms with Crippen molar-refractivity contribution >= 4 is 17.4 Å². The van der Waals surface area contributed by atoms with Crippen LogP contribution < -0.4 is 5.73 Å². The van der Waals surface area contributed by atoms with Gasteiger partial charge in [-0.2, -0.15) is 5.26 Å². The molecule has 3 heterocycles. The summed E-state index contributed by atoms with van der Waals surface area (Å²) >= 11 is 0. The van der Waals surface area contributed by atoms with Crippen molar-refractivity contribution in [1.82, 2.24) is 18.9 Å². The average molecular weight is 358 g/mol. The van der Waals surface area contributed by atoms with Crippen LogP contribution in [0.15, 0.2) is 55.1 Å². The number of esters is 1. The van der Waals surface area contributed by atoms with E-state index in [-0.39, 0.29) is 16.9 Å². The third kappa shape index (κ3) is 2.67. The molecule has 0 spiro atoms. The van der Waals surface area contributed by atoms with Crippen LogP contribution in [-0.2, 0) is 4.74 Å². The van der Waals surface area contributed by atoms with Gasteiger partial charge in [-0.1, -0.05) is 12.1 Å². The molecule has 8 heteroatoms. The van der Waals surface area contributed by atoms with E-state index in [9.17, 15) is 10.1 Å². The van der Waals surface area contributed by atoms with Crippen molar-refractivity contribution in [3.63, 3.8) is 0 Å². The van der Waals surface area contributed by atoms with Gasteiger partial charge in [0.05, 0.1) is 24.1 Å². The number of nitrogens with zero attached hydrogens (tertiary/aromatic N) is 5. The number of fused-ring (bicyclic) bond motifs is 1. The van der Waals surface area contributed by atoms with Crippen LogP contribution in [0.1, 0.15) is 16.1 Å². The Bertz CT molecular complexity index is 1180. The number of imidazole rings is 1. The van der Waals surface area contributed by atoms with Gasteiger partial charge in [0.25, 0.3) is 0 Å². The van der Waals surface area contributed by atoms with Crippen LogP contribution >= 0.6 is 0 Å². The van der Waals surface area contributed by atoms with E-state index >= 15 is 0 Å². The second kappa shape index (κ2) is 6.31. The van der Waals surface area contributed by atoms with Gasteiger partial charge < -0.3 is 15.0 Å². The summed E-state index contributed by atoms with van der Waals surface area (Å²) in [6, 6.07) is 11.2. The summed E-state index contributed by atoms with van der Waals surface area (Å²) in [5.74, 6) is -0.0264. The van der Waals surface area contributed by atoms with E-state index < -0.39 is 5.97 Å². The van der Waals surface area contributed by atoms with Gasteiger partial charge in [0.2, 0.25) is 5.78 Å². The molecule has 0 bridgehead atoms. The minimum Gasteiger partial charge on any atom is -0.464 e. The Hall–Kier alpha value is -4.12. The lowest BCUT2D eigenvalue weighted by Gasteiger charge is -2.09. The maximum Gasteiger partial charge on any atom is 0.357 e.